The van der Waals surface area contributed by atoms with Gasteiger partial charge in [-0.2, -0.15) is 0 Å². The van der Waals surface area contributed by atoms with Gasteiger partial charge in [0.25, 0.3) is 0 Å². The van der Waals surface area contributed by atoms with Gasteiger partial charge in [-0.1, -0.05) is 18.2 Å². The second-order valence-corrected chi connectivity index (χ2v) is 3.19. The minimum absolute atomic E-state index is 0.210. The van der Waals surface area contributed by atoms with Gasteiger partial charge in [0.1, 0.15) is 5.82 Å². The number of hydrogen-bond acceptors (Lipinski definition) is 2. The van der Waals surface area contributed by atoms with Crippen LogP contribution in [-0.2, 0) is 9.53 Å². The number of carboxylic acid groups (broad SMARTS) is 1. The number of methoxy groups -OCH3 is 1. The van der Waals surface area contributed by atoms with Gasteiger partial charge in [0.15, 0.2) is 0 Å². The lowest BCUT2D eigenvalue weighted by molar-refractivity contribution is -0.139. The Morgan fingerprint density at radius 1 is 1.53 bits per heavy atom. The maximum Gasteiger partial charge on any atom is 0.311 e. The van der Waals surface area contributed by atoms with Crippen LogP contribution >= 0.6 is 0 Å². The van der Waals surface area contributed by atoms with Gasteiger partial charge < -0.3 is 9.84 Å². The van der Waals surface area contributed by atoms with Crippen LogP contribution in [0.15, 0.2) is 24.3 Å². The van der Waals surface area contributed by atoms with Gasteiger partial charge in [-0.3, -0.25) is 4.79 Å². The summed E-state index contributed by atoms with van der Waals surface area (Å²) in [5.74, 6) is -2.36. The predicted octanol–water partition coefficient (Wildman–Crippen LogP) is 2.03. The molecule has 0 heterocycles. The first-order valence-electron chi connectivity index (χ1n) is 4.63. The Morgan fingerprint density at radius 3 is 2.73 bits per heavy atom. The minimum atomic E-state index is -1.03. The maximum absolute atomic E-state index is 13.3. The Balaban J connectivity index is 2.89. The fraction of sp³-hybridized carbons (Fsp3) is 0.364. The maximum atomic E-state index is 13.3. The van der Waals surface area contributed by atoms with Crippen molar-refractivity contribution in [2.24, 2.45) is 0 Å². The molecule has 0 spiro atoms. The van der Waals surface area contributed by atoms with Crippen molar-refractivity contribution < 1.29 is 19.0 Å². The number of rotatable bonds is 5. The van der Waals surface area contributed by atoms with E-state index in [0.717, 1.165) is 0 Å². The van der Waals surface area contributed by atoms with E-state index in [4.69, 9.17) is 9.84 Å². The lowest BCUT2D eigenvalue weighted by Crippen LogP contribution is -2.15. The van der Waals surface area contributed by atoms with Gasteiger partial charge >= 0.3 is 5.97 Å². The molecule has 1 aromatic carbocycles. The fourth-order valence-corrected chi connectivity index (χ4v) is 1.41. The third-order valence-corrected chi connectivity index (χ3v) is 2.19. The van der Waals surface area contributed by atoms with E-state index in [0.29, 0.717) is 6.61 Å². The molecule has 0 aliphatic heterocycles. The highest BCUT2D eigenvalue weighted by atomic mass is 19.1. The number of hydrogen-bond donors (Lipinski definition) is 1. The van der Waals surface area contributed by atoms with Crippen LogP contribution in [0.5, 0.6) is 0 Å². The van der Waals surface area contributed by atoms with Crippen LogP contribution in [0.2, 0.25) is 0 Å². The summed E-state index contributed by atoms with van der Waals surface area (Å²) in [5.41, 5.74) is 0.210. The molecule has 15 heavy (non-hydrogen) atoms. The second kappa shape index (κ2) is 5.46. The summed E-state index contributed by atoms with van der Waals surface area (Å²) in [4.78, 5) is 10.9. The Labute approximate surface area is 87.5 Å². The average Bonchev–Trinajstić information content (AvgIpc) is 2.20. The normalized spacial score (nSPS) is 12.4. The van der Waals surface area contributed by atoms with E-state index < -0.39 is 17.7 Å². The van der Waals surface area contributed by atoms with Crippen LogP contribution in [0.4, 0.5) is 4.39 Å². The molecule has 1 rings (SSSR count). The van der Waals surface area contributed by atoms with E-state index in [9.17, 15) is 9.18 Å². The summed E-state index contributed by atoms with van der Waals surface area (Å²) < 4.78 is 18.1. The zero-order valence-corrected chi connectivity index (χ0v) is 8.44. The van der Waals surface area contributed by atoms with Gasteiger partial charge in [-0.15, -0.1) is 0 Å². The second-order valence-electron chi connectivity index (χ2n) is 3.19. The molecule has 0 aliphatic carbocycles. The molecule has 1 N–H and O–H groups in total. The number of carbonyl (C=O) groups is 1. The monoisotopic (exact) mass is 212 g/mol. The molecule has 0 saturated carbocycles. The number of aliphatic carboxylic acids is 1. The number of ether oxygens (including phenoxy) is 1. The highest BCUT2D eigenvalue weighted by molar-refractivity contribution is 5.76. The predicted molar refractivity (Wildman–Crippen MR) is 53.3 cm³/mol. The van der Waals surface area contributed by atoms with E-state index in [-0.39, 0.29) is 12.0 Å². The minimum Gasteiger partial charge on any atom is -0.481 e. The molecule has 1 atom stereocenters. The Bertz CT molecular complexity index is 338. The van der Waals surface area contributed by atoms with Crippen molar-refractivity contribution in [3.05, 3.63) is 35.6 Å². The zero-order chi connectivity index (χ0) is 11.3. The van der Waals surface area contributed by atoms with Gasteiger partial charge in [-0.05, 0) is 12.5 Å². The quantitative estimate of drug-likeness (QED) is 0.812. The molecule has 1 aromatic rings. The summed E-state index contributed by atoms with van der Waals surface area (Å²) in [5, 5.41) is 8.96. The Kier molecular flexibility index (Phi) is 4.24. The van der Waals surface area contributed by atoms with E-state index in [2.05, 4.69) is 0 Å². The van der Waals surface area contributed by atoms with Crippen LogP contribution in [-0.4, -0.2) is 24.8 Å². The Morgan fingerprint density at radius 2 is 2.20 bits per heavy atom. The van der Waals surface area contributed by atoms with E-state index in [1.165, 1.54) is 25.3 Å². The first-order valence-corrected chi connectivity index (χ1v) is 4.63. The number of carboxylic acids is 1. The van der Waals surface area contributed by atoms with E-state index in [1.807, 2.05) is 0 Å². The average molecular weight is 212 g/mol. The van der Waals surface area contributed by atoms with Gasteiger partial charge in [-0.25, -0.2) is 4.39 Å². The third-order valence-electron chi connectivity index (χ3n) is 2.19. The molecule has 82 valence electrons. The van der Waals surface area contributed by atoms with Crippen molar-refractivity contribution in [3.8, 4) is 0 Å². The van der Waals surface area contributed by atoms with E-state index >= 15 is 0 Å². The molecule has 4 heteroatoms. The molecule has 0 amide bonds. The topological polar surface area (TPSA) is 46.5 Å². The summed E-state index contributed by atoms with van der Waals surface area (Å²) in [7, 11) is 1.49. The van der Waals surface area contributed by atoms with Gasteiger partial charge in [0.2, 0.25) is 0 Å². The third kappa shape index (κ3) is 3.02. The van der Waals surface area contributed by atoms with Crippen LogP contribution in [0.1, 0.15) is 17.9 Å². The largest absolute Gasteiger partial charge is 0.481 e. The van der Waals surface area contributed by atoms with Crippen molar-refractivity contribution in [2.45, 2.75) is 12.3 Å². The molecule has 0 aliphatic rings. The summed E-state index contributed by atoms with van der Waals surface area (Å²) in [6.07, 6.45) is 0.271. The summed E-state index contributed by atoms with van der Waals surface area (Å²) in [6, 6.07) is 5.91. The first kappa shape index (κ1) is 11.7. The molecule has 0 bridgehead atoms. The highest BCUT2D eigenvalue weighted by Crippen LogP contribution is 2.22. The molecule has 0 saturated heterocycles. The van der Waals surface area contributed by atoms with Crippen LogP contribution < -0.4 is 0 Å². The standard InChI is InChI=1S/C11H13FO3/c1-15-7-6-9(11(13)14)8-4-2-3-5-10(8)12/h2-5,9H,6-7H2,1H3,(H,13,14). The molecule has 1 unspecified atom stereocenters. The lowest BCUT2D eigenvalue weighted by Gasteiger charge is -2.12. The Hall–Kier alpha value is -1.42. The van der Waals surface area contributed by atoms with Crippen LogP contribution in [0, 0.1) is 5.82 Å². The highest BCUT2D eigenvalue weighted by Gasteiger charge is 2.22. The van der Waals surface area contributed by atoms with E-state index in [1.54, 1.807) is 6.07 Å². The SMILES string of the molecule is COCCC(C(=O)O)c1ccccc1F. The number of benzene rings is 1. The molecular formula is C11H13FO3. The van der Waals surface area contributed by atoms with Crippen molar-refractivity contribution in [1.29, 1.82) is 0 Å². The molecule has 3 nitrogen and oxygen atoms in total. The van der Waals surface area contributed by atoms with Crippen molar-refractivity contribution in [2.75, 3.05) is 13.7 Å². The number of halogens is 1. The zero-order valence-electron chi connectivity index (χ0n) is 8.44. The van der Waals surface area contributed by atoms with Gasteiger partial charge in [0.05, 0.1) is 5.92 Å². The first-order chi connectivity index (χ1) is 7.16. The van der Waals surface area contributed by atoms with Crippen molar-refractivity contribution in [1.82, 2.24) is 0 Å². The lowest BCUT2D eigenvalue weighted by atomic mass is 9.96. The summed E-state index contributed by atoms with van der Waals surface area (Å²) in [6.45, 7) is 0.297. The molecule has 0 fully saturated rings. The molecule has 0 radical (unpaired) electrons. The van der Waals surface area contributed by atoms with Crippen molar-refractivity contribution >= 4 is 5.97 Å². The fourth-order valence-electron chi connectivity index (χ4n) is 1.41. The molecular weight excluding hydrogens is 199 g/mol. The van der Waals surface area contributed by atoms with Crippen molar-refractivity contribution in [3.63, 3.8) is 0 Å². The summed E-state index contributed by atoms with van der Waals surface area (Å²) >= 11 is 0. The van der Waals surface area contributed by atoms with Crippen LogP contribution in [0.25, 0.3) is 0 Å². The smallest absolute Gasteiger partial charge is 0.311 e. The molecule has 0 aromatic heterocycles. The van der Waals surface area contributed by atoms with Gasteiger partial charge in [0, 0.05) is 19.3 Å². The van der Waals surface area contributed by atoms with Crippen LogP contribution in [0.3, 0.4) is 0 Å².